The lowest BCUT2D eigenvalue weighted by Crippen LogP contribution is -1.86. The van der Waals surface area contributed by atoms with Gasteiger partial charge in [0.1, 0.15) is 11.4 Å². The number of aryl methyl sites for hydroxylation is 2. The van der Waals surface area contributed by atoms with Gasteiger partial charge in [-0.1, -0.05) is 12.1 Å². The van der Waals surface area contributed by atoms with E-state index in [0.29, 0.717) is 0 Å². The third-order valence-corrected chi connectivity index (χ3v) is 2.48. The molecule has 0 saturated carbocycles. The molecular formula is C13H15N3O. The van der Waals surface area contributed by atoms with Gasteiger partial charge < -0.3 is 4.74 Å². The lowest BCUT2D eigenvalue weighted by molar-refractivity contribution is 0.416. The first-order chi connectivity index (χ1) is 8.20. The number of para-hydroxylation sites is 2. The van der Waals surface area contributed by atoms with Crippen LogP contribution < -0.4 is 4.74 Å². The van der Waals surface area contributed by atoms with E-state index >= 15 is 0 Å². The summed E-state index contributed by atoms with van der Waals surface area (Å²) in [4.78, 5) is 4.42. The van der Waals surface area contributed by atoms with Crippen molar-refractivity contribution in [1.29, 1.82) is 0 Å². The molecule has 0 amide bonds. The van der Waals surface area contributed by atoms with E-state index in [2.05, 4.69) is 10.1 Å². The molecule has 88 valence electrons. The van der Waals surface area contributed by atoms with Crippen LogP contribution in [0.15, 0.2) is 35.5 Å². The maximum absolute atomic E-state index is 5.23. The lowest BCUT2D eigenvalue weighted by atomic mass is 10.2. The Bertz CT molecular complexity index is 543. The molecular weight excluding hydrogens is 214 g/mol. The predicted octanol–water partition coefficient (Wildman–Crippen LogP) is 2.49. The number of ether oxygens (including phenoxy) is 1. The molecule has 0 aliphatic rings. The summed E-state index contributed by atoms with van der Waals surface area (Å²) in [6, 6.07) is 7.67. The van der Waals surface area contributed by atoms with E-state index in [1.54, 1.807) is 18.0 Å². The zero-order chi connectivity index (χ0) is 12.3. The van der Waals surface area contributed by atoms with Crippen molar-refractivity contribution in [3.8, 4) is 5.75 Å². The molecule has 0 atom stereocenters. The minimum Gasteiger partial charge on any atom is -0.494 e. The average Bonchev–Trinajstić information content (AvgIpc) is 2.65. The number of hydrogen-bond acceptors (Lipinski definition) is 3. The molecule has 1 aromatic carbocycles. The van der Waals surface area contributed by atoms with Crippen LogP contribution in [0.5, 0.6) is 5.75 Å². The molecule has 0 fully saturated rings. The van der Waals surface area contributed by atoms with Crippen LogP contribution in [0.2, 0.25) is 0 Å². The molecule has 0 aliphatic carbocycles. The van der Waals surface area contributed by atoms with Gasteiger partial charge in [-0.05, 0) is 19.1 Å². The van der Waals surface area contributed by atoms with Gasteiger partial charge in [-0.15, -0.1) is 0 Å². The fourth-order valence-electron chi connectivity index (χ4n) is 1.62. The first kappa shape index (κ1) is 11.4. The first-order valence-corrected chi connectivity index (χ1v) is 5.38. The SMILES string of the molecule is COc1ccccc1/N=C/c1cn(C)nc1C. The summed E-state index contributed by atoms with van der Waals surface area (Å²) in [5, 5.41) is 4.26. The number of methoxy groups -OCH3 is 1. The summed E-state index contributed by atoms with van der Waals surface area (Å²) in [5.74, 6) is 0.769. The summed E-state index contributed by atoms with van der Waals surface area (Å²) >= 11 is 0. The molecule has 0 spiro atoms. The van der Waals surface area contributed by atoms with Crippen molar-refractivity contribution in [3.63, 3.8) is 0 Å². The Morgan fingerprint density at radius 3 is 2.76 bits per heavy atom. The molecule has 4 nitrogen and oxygen atoms in total. The van der Waals surface area contributed by atoms with Crippen molar-refractivity contribution >= 4 is 11.9 Å². The zero-order valence-electron chi connectivity index (χ0n) is 10.2. The highest BCUT2D eigenvalue weighted by Gasteiger charge is 2.01. The third-order valence-electron chi connectivity index (χ3n) is 2.48. The van der Waals surface area contributed by atoms with Crippen LogP contribution in [0.4, 0.5) is 5.69 Å². The summed E-state index contributed by atoms with van der Waals surface area (Å²) in [6.45, 7) is 1.96. The van der Waals surface area contributed by atoms with E-state index in [4.69, 9.17) is 4.74 Å². The van der Waals surface area contributed by atoms with Crippen LogP contribution >= 0.6 is 0 Å². The molecule has 0 bridgehead atoms. The quantitative estimate of drug-likeness (QED) is 0.758. The molecule has 0 N–H and O–H groups in total. The molecule has 0 radical (unpaired) electrons. The van der Waals surface area contributed by atoms with Gasteiger partial charge in [0.15, 0.2) is 0 Å². The summed E-state index contributed by atoms with van der Waals surface area (Å²) in [6.07, 6.45) is 3.74. The zero-order valence-corrected chi connectivity index (χ0v) is 10.2. The van der Waals surface area contributed by atoms with Gasteiger partial charge in [0.2, 0.25) is 0 Å². The minimum absolute atomic E-state index is 0.769. The van der Waals surface area contributed by atoms with Crippen molar-refractivity contribution in [2.75, 3.05) is 7.11 Å². The Kier molecular flexibility index (Phi) is 3.23. The van der Waals surface area contributed by atoms with E-state index in [9.17, 15) is 0 Å². The van der Waals surface area contributed by atoms with Crippen molar-refractivity contribution in [3.05, 3.63) is 41.7 Å². The van der Waals surface area contributed by atoms with E-state index in [-0.39, 0.29) is 0 Å². The Balaban J connectivity index is 2.29. The Morgan fingerprint density at radius 2 is 2.12 bits per heavy atom. The molecule has 0 aliphatic heterocycles. The van der Waals surface area contributed by atoms with Crippen molar-refractivity contribution in [2.24, 2.45) is 12.0 Å². The standard InChI is InChI=1S/C13H15N3O/c1-10-11(9-16(2)15-10)8-14-12-6-4-5-7-13(12)17-3/h4-9H,1-3H3/b14-8+. The number of aromatic nitrogens is 2. The molecule has 4 heteroatoms. The van der Waals surface area contributed by atoms with Gasteiger partial charge in [-0.25, -0.2) is 0 Å². The van der Waals surface area contributed by atoms with Crippen LogP contribution in [-0.4, -0.2) is 23.1 Å². The Hall–Kier alpha value is -2.10. The largest absolute Gasteiger partial charge is 0.494 e. The number of hydrogen-bond donors (Lipinski definition) is 0. The van der Waals surface area contributed by atoms with Crippen molar-refractivity contribution in [1.82, 2.24) is 9.78 Å². The maximum Gasteiger partial charge on any atom is 0.144 e. The van der Waals surface area contributed by atoms with Gasteiger partial charge in [0, 0.05) is 25.0 Å². The van der Waals surface area contributed by atoms with Crippen molar-refractivity contribution in [2.45, 2.75) is 6.92 Å². The molecule has 2 rings (SSSR count). The lowest BCUT2D eigenvalue weighted by Gasteiger charge is -2.02. The van der Waals surface area contributed by atoms with Gasteiger partial charge in [-0.3, -0.25) is 9.67 Å². The number of benzene rings is 1. The molecule has 1 heterocycles. The van der Waals surface area contributed by atoms with E-state index < -0.39 is 0 Å². The van der Waals surface area contributed by atoms with E-state index in [1.807, 2.05) is 44.4 Å². The van der Waals surface area contributed by atoms with Crippen molar-refractivity contribution < 1.29 is 4.74 Å². The van der Waals surface area contributed by atoms with Crippen LogP contribution in [0.3, 0.4) is 0 Å². The van der Waals surface area contributed by atoms with E-state index in [1.165, 1.54) is 0 Å². The summed E-state index contributed by atoms with van der Waals surface area (Å²) in [7, 11) is 3.54. The van der Waals surface area contributed by atoms with Crippen LogP contribution in [0.1, 0.15) is 11.3 Å². The van der Waals surface area contributed by atoms with Crippen LogP contribution in [-0.2, 0) is 7.05 Å². The summed E-state index contributed by atoms with van der Waals surface area (Å²) in [5.41, 5.74) is 2.79. The molecule has 17 heavy (non-hydrogen) atoms. The topological polar surface area (TPSA) is 39.4 Å². The Morgan fingerprint density at radius 1 is 1.35 bits per heavy atom. The van der Waals surface area contributed by atoms with Gasteiger partial charge >= 0.3 is 0 Å². The molecule has 0 unspecified atom stereocenters. The first-order valence-electron chi connectivity index (χ1n) is 5.38. The van der Waals surface area contributed by atoms with Gasteiger partial charge in [0.25, 0.3) is 0 Å². The normalized spacial score (nSPS) is 11.0. The number of nitrogens with zero attached hydrogens (tertiary/aromatic N) is 3. The highest BCUT2D eigenvalue weighted by molar-refractivity contribution is 5.83. The third kappa shape index (κ3) is 2.53. The van der Waals surface area contributed by atoms with Gasteiger partial charge in [0.05, 0.1) is 12.8 Å². The maximum atomic E-state index is 5.23. The molecule has 2 aromatic rings. The highest BCUT2D eigenvalue weighted by atomic mass is 16.5. The minimum atomic E-state index is 0.769. The monoisotopic (exact) mass is 229 g/mol. The van der Waals surface area contributed by atoms with Gasteiger partial charge in [-0.2, -0.15) is 5.10 Å². The fourth-order valence-corrected chi connectivity index (χ4v) is 1.62. The number of rotatable bonds is 3. The summed E-state index contributed by atoms with van der Waals surface area (Å²) < 4.78 is 7.01. The number of aliphatic imine (C=N–C) groups is 1. The second-order valence-corrected chi connectivity index (χ2v) is 3.77. The smallest absolute Gasteiger partial charge is 0.144 e. The fraction of sp³-hybridized carbons (Fsp3) is 0.231. The predicted molar refractivity (Wildman–Crippen MR) is 68.2 cm³/mol. The molecule has 0 saturated heterocycles. The Labute approximate surface area is 101 Å². The highest BCUT2D eigenvalue weighted by Crippen LogP contribution is 2.26. The van der Waals surface area contributed by atoms with Crippen LogP contribution in [0.25, 0.3) is 0 Å². The molecule has 1 aromatic heterocycles. The van der Waals surface area contributed by atoms with Crippen LogP contribution in [0, 0.1) is 6.92 Å². The second kappa shape index (κ2) is 4.82. The average molecular weight is 229 g/mol. The van der Waals surface area contributed by atoms with E-state index in [0.717, 1.165) is 22.7 Å². The second-order valence-electron chi connectivity index (χ2n) is 3.77.